The zero-order chi connectivity index (χ0) is 6.81. The molecule has 0 N–H and O–H groups in total. The second-order valence-electron chi connectivity index (χ2n) is 1.99. The van der Waals surface area contributed by atoms with Gasteiger partial charge in [0.25, 0.3) is 0 Å². The van der Waals surface area contributed by atoms with Crippen LogP contribution in [0.5, 0.6) is 5.75 Å². The van der Waals surface area contributed by atoms with Crippen molar-refractivity contribution in [3.8, 4) is 5.75 Å². The minimum absolute atomic E-state index is 0.793. The fourth-order valence-electron chi connectivity index (χ4n) is 0.854. The molecule has 0 aliphatic carbocycles. The summed E-state index contributed by atoms with van der Waals surface area (Å²) in [4.78, 5) is 4.91. The van der Waals surface area contributed by atoms with Crippen molar-refractivity contribution in [1.29, 1.82) is 0 Å². The van der Waals surface area contributed by atoms with Gasteiger partial charge in [-0.3, -0.25) is 0 Å². The molecule has 1 aliphatic rings. The Balaban J connectivity index is 2.63. The summed E-state index contributed by atoms with van der Waals surface area (Å²) >= 11 is 0. The van der Waals surface area contributed by atoms with E-state index in [9.17, 15) is 0 Å². The van der Waals surface area contributed by atoms with Gasteiger partial charge >= 0.3 is 0 Å². The SMILES string of the molecule is C1=Cc2ccccc2ON=1. The molecule has 1 heterocycles. The zero-order valence-corrected chi connectivity index (χ0v) is 5.24. The van der Waals surface area contributed by atoms with Gasteiger partial charge in [-0.15, -0.1) is 0 Å². The highest BCUT2D eigenvalue weighted by Crippen LogP contribution is 2.20. The lowest BCUT2D eigenvalue weighted by Gasteiger charge is -2.02. The van der Waals surface area contributed by atoms with Gasteiger partial charge < -0.3 is 4.84 Å². The van der Waals surface area contributed by atoms with Crippen LogP contribution in [0.4, 0.5) is 0 Å². The number of para-hydroxylation sites is 1. The lowest BCUT2D eigenvalue weighted by atomic mass is 10.2. The van der Waals surface area contributed by atoms with Crippen LogP contribution in [0.25, 0.3) is 6.08 Å². The Kier molecular flexibility index (Phi) is 1.06. The third-order valence-corrected chi connectivity index (χ3v) is 1.34. The molecule has 0 bridgehead atoms. The maximum Gasteiger partial charge on any atom is 0.166 e. The molecule has 1 aliphatic heterocycles. The Morgan fingerprint density at radius 2 is 2.20 bits per heavy atom. The van der Waals surface area contributed by atoms with Gasteiger partial charge in [-0.25, -0.2) is 0 Å². The number of hydrogen-bond donors (Lipinski definition) is 0. The van der Waals surface area contributed by atoms with E-state index in [0.29, 0.717) is 0 Å². The maximum atomic E-state index is 4.91. The first kappa shape index (κ1) is 5.27. The highest BCUT2D eigenvalue weighted by Gasteiger charge is 2.00. The van der Waals surface area contributed by atoms with Gasteiger partial charge in [-0.05, 0) is 11.2 Å². The number of nitrogens with zero attached hydrogens (tertiary/aromatic N) is 1. The largest absolute Gasteiger partial charge is 0.348 e. The normalized spacial score (nSPS) is 12.4. The molecule has 0 aromatic heterocycles. The molecular formula is C8H5NO. The molecule has 10 heavy (non-hydrogen) atoms. The summed E-state index contributed by atoms with van der Waals surface area (Å²) in [5.41, 5.74) is 1.03. The first-order valence-electron chi connectivity index (χ1n) is 3.02. The summed E-state index contributed by atoms with van der Waals surface area (Å²) in [6.45, 7) is 0. The quantitative estimate of drug-likeness (QED) is 0.525. The fraction of sp³-hybridized carbons (Fsp3) is 0. The second kappa shape index (κ2) is 2.01. The molecule has 1 aromatic rings. The van der Waals surface area contributed by atoms with E-state index in [-0.39, 0.29) is 0 Å². The van der Waals surface area contributed by atoms with Crippen LogP contribution in [-0.4, -0.2) is 5.87 Å². The Labute approximate surface area is 58.4 Å². The van der Waals surface area contributed by atoms with E-state index < -0.39 is 0 Å². The predicted molar refractivity (Wildman–Crippen MR) is 39.0 cm³/mol. The van der Waals surface area contributed by atoms with Crippen LogP contribution in [0.1, 0.15) is 5.56 Å². The van der Waals surface area contributed by atoms with Gasteiger partial charge in [0.2, 0.25) is 0 Å². The highest BCUT2D eigenvalue weighted by atomic mass is 16.6. The first-order chi connectivity index (χ1) is 4.97. The summed E-state index contributed by atoms with van der Waals surface area (Å²) in [6.07, 6.45) is 1.79. The average molecular weight is 131 g/mol. The van der Waals surface area contributed by atoms with Crippen LogP contribution in [-0.2, 0) is 0 Å². The van der Waals surface area contributed by atoms with Crippen molar-refractivity contribution < 1.29 is 4.84 Å². The highest BCUT2D eigenvalue weighted by molar-refractivity contribution is 5.81. The second-order valence-corrected chi connectivity index (χ2v) is 1.99. The molecule has 0 spiro atoms. The minimum atomic E-state index is 0.793. The van der Waals surface area contributed by atoms with Gasteiger partial charge in [0.05, 0.1) is 0 Å². The monoisotopic (exact) mass is 131 g/mol. The van der Waals surface area contributed by atoms with E-state index in [0.717, 1.165) is 11.3 Å². The summed E-state index contributed by atoms with van der Waals surface area (Å²) in [6, 6.07) is 7.69. The zero-order valence-electron chi connectivity index (χ0n) is 5.24. The molecule has 0 amide bonds. The minimum Gasteiger partial charge on any atom is -0.348 e. The number of benzene rings is 1. The molecule has 2 rings (SSSR count). The Morgan fingerprint density at radius 1 is 1.30 bits per heavy atom. The molecule has 2 nitrogen and oxygen atoms in total. The van der Waals surface area contributed by atoms with Crippen LogP contribution >= 0.6 is 0 Å². The summed E-state index contributed by atoms with van der Waals surface area (Å²) in [7, 11) is 0. The Morgan fingerprint density at radius 3 is 3.10 bits per heavy atom. The maximum absolute atomic E-state index is 4.91. The third-order valence-electron chi connectivity index (χ3n) is 1.34. The molecule has 0 fully saturated rings. The van der Waals surface area contributed by atoms with Crippen LogP contribution in [0.15, 0.2) is 29.4 Å². The summed E-state index contributed by atoms with van der Waals surface area (Å²) in [5.74, 6) is 3.41. The molecule has 0 unspecified atom stereocenters. The summed E-state index contributed by atoms with van der Waals surface area (Å²) in [5, 5.41) is 3.51. The van der Waals surface area contributed by atoms with E-state index in [1.54, 1.807) is 6.08 Å². The molecule has 0 atom stereocenters. The summed E-state index contributed by atoms with van der Waals surface area (Å²) < 4.78 is 0. The lowest BCUT2D eigenvalue weighted by Crippen LogP contribution is -1.89. The molecule has 48 valence electrons. The Hall–Kier alpha value is -1.53. The van der Waals surface area contributed by atoms with Crippen molar-refractivity contribution in [2.45, 2.75) is 0 Å². The molecule has 1 aromatic carbocycles. The molecule has 0 saturated heterocycles. The van der Waals surface area contributed by atoms with Crippen LogP contribution in [0.3, 0.4) is 0 Å². The van der Waals surface area contributed by atoms with Crippen LogP contribution in [0.2, 0.25) is 0 Å². The van der Waals surface area contributed by atoms with Crippen LogP contribution in [0, 0.1) is 0 Å². The molecule has 2 heteroatoms. The van der Waals surface area contributed by atoms with E-state index in [4.69, 9.17) is 4.84 Å². The number of hydrogen-bond acceptors (Lipinski definition) is 2. The van der Waals surface area contributed by atoms with Gasteiger partial charge in [0, 0.05) is 17.5 Å². The van der Waals surface area contributed by atoms with E-state index >= 15 is 0 Å². The van der Waals surface area contributed by atoms with Crippen molar-refractivity contribution in [3.05, 3.63) is 29.8 Å². The third kappa shape index (κ3) is 0.714. The van der Waals surface area contributed by atoms with Gasteiger partial charge in [-0.2, -0.15) is 0 Å². The van der Waals surface area contributed by atoms with E-state index in [2.05, 4.69) is 11.0 Å². The van der Waals surface area contributed by atoms with Gasteiger partial charge in [0.1, 0.15) is 0 Å². The topological polar surface area (TPSA) is 21.6 Å². The smallest absolute Gasteiger partial charge is 0.166 e. The standard InChI is InChI=1S/C8H5NO/c1-2-4-8-7(3-1)5-6-9-10-8/h1-5H. The first-order valence-corrected chi connectivity index (χ1v) is 3.02. The van der Waals surface area contributed by atoms with Crippen LogP contribution < -0.4 is 4.84 Å². The van der Waals surface area contributed by atoms with E-state index in [1.165, 1.54) is 0 Å². The fourth-order valence-corrected chi connectivity index (χ4v) is 0.854. The molecule has 0 radical (unpaired) electrons. The van der Waals surface area contributed by atoms with Crippen molar-refractivity contribution >= 4 is 11.9 Å². The van der Waals surface area contributed by atoms with Crippen molar-refractivity contribution in [3.63, 3.8) is 0 Å². The predicted octanol–water partition coefficient (Wildman–Crippen LogP) is 1.68. The lowest BCUT2D eigenvalue weighted by molar-refractivity contribution is 0.342. The van der Waals surface area contributed by atoms with Crippen molar-refractivity contribution in [2.75, 3.05) is 0 Å². The van der Waals surface area contributed by atoms with Gasteiger partial charge in [0.15, 0.2) is 5.75 Å². The molecule has 0 saturated carbocycles. The van der Waals surface area contributed by atoms with E-state index in [1.807, 2.05) is 24.3 Å². The molecular weight excluding hydrogens is 126 g/mol. The Bertz CT molecular complexity index is 311. The van der Waals surface area contributed by atoms with Crippen molar-refractivity contribution in [2.24, 2.45) is 5.16 Å². The number of rotatable bonds is 0. The number of fused-ring (bicyclic) bond motifs is 1. The average Bonchev–Trinajstić information content (AvgIpc) is 2.05. The van der Waals surface area contributed by atoms with Gasteiger partial charge in [-0.1, -0.05) is 18.2 Å². The van der Waals surface area contributed by atoms with Crippen molar-refractivity contribution in [1.82, 2.24) is 0 Å².